The quantitative estimate of drug-likeness (QED) is 0.871. The number of carbonyl (C=O) groups excluding carboxylic acids is 1. The highest BCUT2D eigenvalue weighted by molar-refractivity contribution is 6.34. The maximum Gasteiger partial charge on any atom is 0.221 e. The molecule has 0 aliphatic heterocycles. The summed E-state index contributed by atoms with van der Waals surface area (Å²) >= 11 is 6.15. The number of benzene rings is 2. The van der Waals surface area contributed by atoms with Crippen LogP contribution in [0.3, 0.4) is 0 Å². The highest BCUT2D eigenvalue weighted by atomic mass is 35.5. The van der Waals surface area contributed by atoms with Crippen molar-refractivity contribution in [3.05, 3.63) is 58.1 Å². The van der Waals surface area contributed by atoms with E-state index in [-0.39, 0.29) is 5.91 Å². The molecule has 1 amide bonds. The molecule has 0 spiro atoms. The Kier molecular flexibility index (Phi) is 4.86. The predicted molar refractivity (Wildman–Crippen MR) is 89.0 cm³/mol. The van der Waals surface area contributed by atoms with Crippen molar-refractivity contribution in [2.45, 2.75) is 27.3 Å². The summed E-state index contributed by atoms with van der Waals surface area (Å²) in [6.07, 6.45) is 0. The van der Waals surface area contributed by atoms with E-state index in [9.17, 15) is 4.79 Å². The van der Waals surface area contributed by atoms with Crippen molar-refractivity contribution in [2.75, 3.05) is 10.6 Å². The Bertz CT molecular complexity index is 668. The minimum Gasteiger partial charge on any atom is -0.381 e. The largest absolute Gasteiger partial charge is 0.381 e. The summed E-state index contributed by atoms with van der Waals surface area (Å²) in [5, 5.41) is 6.56. The first-order chi connectivity index (χ1) is 9.95. The number of halogens is 1. The van der Waals surface area contributed by atoms with Crippen molar-refractivity contribution < 1.29 is 4.79 Å². The van der Waals surface area contributed by atoms with Crippen LogP contribution in [0.5, 0.6) is 0 Å². The third kappa shape index (κ3) is 4.23. The van der Waals surface area contributed by atoms with Crippen molar-refractivity contribution in [1.29, 1.82) is 0 Å². The van der Waals surface area contributed by atoms with Gasteiger partial charge in [0.2, 0.25) is 5.91 Å². The van der Waals surface area contributed by atoms with E-state index < -0.39 is 0 Å². The lowest BCUT2D eigenvalue weighted by Crippen LogP contribution is -2.07. The van der Waals surface area contributed by atoms with Gasteiger partial charge in [-0.05, 0) is 43.2 Å². The molecule has 0 radical (unpaired) electrons. The fraction of sp³-hybridized carbons (Fsp3) is 0.235. The third-order valence-corrected chi connectivity index (χ3v) is 3.57. The fourth-order valence-electron chi connectivity index (χ4n) is 2.16. The minimum atomic E-state index is -0.132. The molecule has 0 saturated carbocycles. The average molecular weight is 303 g/mol. The van der Waals surface area contributed by atoms with Gasteiger partial charge in [-0.3, -0.25) is 4.79 Å². The topological polar surface area (TPSA) is 41.1 Å². The van der Waals surface area contributed by atoms with Crippen molar-refractivity contribution in [1.82, 2.24) is 0 Å². The Morgan fingerprint density at radius 2 is 1.90 bits per heavy atom. The molecule has 0 aliphatic carbocycles. The van der Waals surface area contributed by atoms with Gasteiger partial charge in [0, 0.05) is 19.2 Å². The van der Waals surface area contributed by atoms with Gasteiger partial charge in [0.1, 0.15) is 0 Å². The highest BCUT2D eigenvalue weighted by Crippen LogP contribution is 2.26. The molecule has 0 aromatic heterocycles. The van der Waals surface area contributed by atoms with Gasteiger partial charge >= 0.3 is 0 Å². The lowest BCUT2D eigenvalue weighted by Gasteiger charge is -2.12. The molecular weight excluding hydrogens is 284 g/mol. The van der Waals surface area contributed by atoms with Crippen LogP contribution < -0.4 is 10.6 Å². The van der Waals surface area contributed by atoms with Gasteiger partial charge in [-0.1, -0.05) is 35.4 Å². The number of aryl methyl sites for hydroxylation is 2. The Morgan fingerprint density at radius 3 is 2.52 bits per heavy atom. The molecule has 2 rings (SSSR count). The average Bonchev–Trinajstić information content (AvgIpc) is 2.40. The minimum absolute atomic E-state index is 0.132. The number of rotatable bonds is 4. The zero-order valence-electron chi connectivity index (χ0n) is 12.5. The molecule has 0 fully saturated rings. The lowest BCUT2D eigenvalue weighted by atomic mass is 10.1. The predicted octanol–water partition coefficient (Wildman–Crippen LogP) is 4.53. The van der Waals surface area contributed by atoms with Gasteiger partial charge in [-0.15, -0.1) is 0 Å². The first-order valence-corrected chi connectivity index (χ1v) is 7.20. The van der Waals surface area contributed by atoms with Crippen molar-refractivity contribution in [2.24, 2.45) is 0 Å². The monoisotopic (exact) mass is 302 g/mol. The van der Waals surface area contributed by atoms with Crippen LogP contribution in [0.1, 0.15) is 23.6 Å². The van der Waals surface area contributed by atoms with Gasteiger partial charge in [0.15, 0.2) is 0 Å². The Morgan fingerprint density at radius 1 is 1.14 bits per heavy atom. The van der Waals surface area contributed by atoms with Crippen LogP contribution in [0.4, 0.5) is 11.4 Å². The zero-order valence-corrected chi connectivity index (χ0v) is 13.2. The molecule has 2 N–H and O–H groups in total. The summed E-state index contributed by atoms with van der Waals surface area (Å²) in [7, 11) is 0. The maximum atomic E-state index is 11.0. The molecule has 3 nitrogen and oxygen atoms in total. The first-order valence-electron chi connectivity index (χ1n) is 6.83. The second-order valence-electron chi connectivity index (χ2n) is 5.16. The van der Waals surface area contributed by atoms with Crippen LogP contribution in [0, 0.1) is 13.8 Å². The summed E-state index contributed by atoms with van der Waals surface area (Å²) in [6, 6.07) is 11.9. The first kappa shape index (κ1) is 15.4. The van der Waals surface area contributed by atoms with E-state index in [0.717, 1.165) is 12.2 Å². The number of anilines is 2. The van der Waals surface area contributed by atoms with Crippen LogP contribution in [0.15, 0.2) is 36.4 Å². The summed E-state index contributed by atoms with van der Waals surface area (Å²) < 4.78 is 0. The van der Waals surface area contributed by atoms with E-state index in [1.165, 1.54) is 23.6 Å². The van der Waals surface area contributed by atoms with Gasteiger partial charge in [-0.2, -0.15) is 0 Å². The maximum absolute atomic E-state index is 11.0. The number of hydrogen-bond donors (Lipinski definition) is 2. The normalized spacial score (nSPS) is 10.3. The van der Waals surface area contributed by atoms with Crippen LogP contribution in [-0.4, -0.2) is 5.91 Å². The van der Waals surface area contributed by atoms with Gasteiger partial charge < -0.3 is 10.6 Å². The second-order valence-corrected chi connectivity index (χ2v) is 5.57. The lowest BCUT2D eigenvalue weighted by molar-refractivity contribution is -0.114. The Balaban J connectivity index is 2.06. The molecule has 0 bridgehead atoms. The Hall–Kier alpha value is -2.00. The van der Waals surface area contributed by atoms with Gasteiger partial charge in [0.25, 0.3) is 0 Å². The third-order valence-electron chi connectivity index (χ3n) is 3.26. The molecular formula is C17H19ClN2O. The highest BCUT2D eigenvalue weighted by Gasteiger charge is 2.04. The molecule has 110 valence electrons. The fourth-order valence-corrected chi connectivity index (χ4v) is 2.39. The standard InChI is InChI=1S/C17H19ClN2O/c1-11-4-5-14(12(2)8-11)10-19-15-6-7-17(16(18)9-15)20-13(3)21/h4-9,19H,10H2,1-3H3,(H,20,21). The van der Waals surface area contributed by atoms with Crippen molar-refractivity contribution in [3.8, 4) is 0 Å². The van der Waals surface area contributed by atoms with E-state index in [1.54, 1.807) is 6.07 Å². The molecule has 0 heterocycles. The number of nitrogens with one attached hydrogen (secondary N) is 2. The Labute approximate surface area is 130 Å². The van der Waals surface area contributed by atoms with Crippen LogP contribution in [-0.2, 0) is 11.3 Å². The van der Waals surface area contributed by atoms with E-state index in [2.05, 4.69) is 42.7 Å². The summed E-state index contributed by atoms with van der Waals surface area (Å²) in [6.45, 7) is 6.40. The zero-order chi connectivity index (χ0) is 15.4. The number of hydrogen-bond acceptors (Lipinski definition) is 2. The van der Waals surface area contributed by atoms with Crippen molar-refractivity contribution >= 4 is 28.9 Å². The summed E-state index contributed by atoms with van der Waals surface area (Å²) in [5.41, 5.74) is 5.33. The summed E-state index contributed by atoms with van der Waals surface area (Å²) in [5.74, 6) is -0.132. The van der Waals surface area contributed by atoms with E-state index in [0.29, 0.717) is 10.7 Å². The van der Waals surface area contributed by atoms with Gasteiger partial charge in [-0.25, -0.2) is 0 Å². The number of amides is 1. The van der Waals surface area contributed by atoms with Crippen LogP contribution in [0.25, 0.3) is 0 Å². The van der Waals surface area contributed by atoms with Gasteiger partial charge in [0.05, 0.1) is 10.7 Å². The molecule has 4 heteroatoms. The number of carbonyl (C=O) groups is 1. The molecule has 2 aromatic carbocycles. The molecule has 0 atom stereocenters. The van der Waals surface area contributed by atoms with E-state index >= 15 is 0 Å². The summed E-state index contributed by atoms with van der Waals surface area (Å²) in [4.78, 5) is 11.0. The SMILES string of the molecule is CC(=O)Nc1ccc(NCc2ccc(C)cc2C)cc1Cl. The molecule has 0 aliphatic rings. The van der Waals surface area contributed by atoms with Crippen LogP contribution in [0.2, 0.25) is 5.02 Å². The van der Waals surface area contributed by atoms with Crippen molar-refractivity contribution in [3.63, 3.8) is 0 Å². The van der Waals surface area contributed by atoms with E-state index in [1.807, 2.05) is 12.1 Å². The second kappa shape index (κ2) is 6.64. The molecule has 0 unspecified atom stereocenters. The smallest absolute Gasteiger partial charge is 0.221 e. The molecule has 0 saturated heterocycles. The molecule has 2 aromatic rings. The van der Waals surface area contributed by atoms with Crippen LogP contribution >= 0.6 is 11.6 Å². The molecule has 21 heavy (non-hydrogen) atoms. The van der Waals surface area contributed by atoms with E-state index in [4.69, 9.17) is 11.6 Å².